The van der Waals surface area contributed by atoms with E-state index < -0.39 is 6.10 Å². The van der Waals surface area contributed by atoms with Gasteiger partial charge in [0.05, 0.1) is 12.1 Å². The number of hydrogen-bond donors (Lipinski definition) is 1. The van der Waals surface area contributed by atoms with E-state index in [2.05, 4.69) is 15.5 Å². The highest BCUT2D eigenvalue weighted by Gasteiger charge is 2.18. The third-order valence-corrected chi connectivity index (χ3v) is 2.12. The summed E-state index contributed by atoms with van der Waals surface area (Å²) in [7, 11) is 0. The second kappa shape index (κ2) is 3.83. The minimum absolute atomic E-state index is 0.0765. The maximum atomic E-state index is 9.38. The normalized spacial score (nSPS) is 16.2. The molecule has 2 unspecified atom stereocenters. The molecule has 1 aromatic rings. The van der Waals surface area contributed by atoms with Crippen LogP contribution in [0.5, 0.6) is 0 Å². The van der Waals surface area contributed by atoms with Crippen LogP contribution in [0.15, 0.2) is 0 Å². The molecule has 1 rings (SSSR count). The van der Waals surface area contributed by atoms with Crippen molar-refractivity contribution in [3.63, 3.8) is 0 Å². The molecule has 0 saturated carbocycles. The highest BCUT2D eigenvalue weighted by atomic mass is 16.3. The molecule has 0 spiro atoms. The lowest BCUT2D eigenvalue weighted by molar-refractivity contribution is 0.129. The number of tetrazole rings is 1. The summed E-state index contributed by atoms with van der Waals surface area (Å²) in [5, 5.41) is 20.7. The molecule has 1 heterocycles. The summed E-state index contributed by atoms with van der Waals surface area (Å²) in [5.41, 5.74) is 0. The largest absolute Gasteiger partial charge is 0.391 e. The SMILES string of the molecule is CC(C)c1nnnn1C(C)C(C)O. The van der Waals surface area contributed by atoms with Crippen LogP contribution in [0.2, 0.25) is 0 Å². The number of aromatic nitrogens is 4. The fraction of sp³-hybridized carbons (Fsp3) is 0.875. The van der Waals surface area contributed by atoms with E-state index in [0.29, 0.717) is 0 Å². The molecule has 5 heteroatoms. The van der Waals surface area contributed by atoms with Crippen molar-refractivity contribution in [2.24, 2.45) is 0 Å². The van der Waals surface area contributed by atoms with E-state index in [1.54, 1.807) is 11.6 Å². The molecule has 0 amide bonds. The number of aliphatic hydroxyl groups excluding tert-OH is 1. The van der Waals surface area contributed by atoms with Gasteiger partial charge in [-0.3, -0.25) is 0 Å². The first-order valence-corrected chi connectivity index (χ1v) is 4.50. The molecule has 13 heavy (non-hydrogen) atoms. The first kappa shape index (κ1) is 10.1. The zero-order valence-electron chi connectivity index (χ0n) is 8.47. The van der Waals surface area contributed by atoms with Crippen LogP contribution in [0, 0.1) is 0 Å². The van der Waals surface area contributed by atoms with Gasteiger partial charge >= 0.3 is 0 Å². The van der Waals surface area contributed by atoms with Gasteiger partial charge in [-0.05, 0) is 24.3 Å². The molecule has 0 saturated heterocycles. The maximum absolute atomic E-state index is 9.38. The highest BCUT2D eigenvalue weighted by Crippen LogP contribution is 2.16. The van der Waals surface area contributed by atoms with Crippen LogP contribution in [-0.2, 0) is 0 Å². The van der Waals surface area contributed by atoms with Crippen LogP contribution in [0.25, 0.3) is 0 Å². The summed E-state index contributed by atoms with van der Waals surface area (Å²) < 4.78 is 1.68. The molecule has 1 N–H and O–H groups in total. The average molecular weight is 184 g/mol. The lowest BCUT2D eigenvalue weighted by atomic mass is 10.1. The monoisotopic (exact) mass is 184 g/mol. The smallest absolute Gasteiger partial charge is 0.154 e. The summed E-state index contributed by atoms with van der Waals surface area (Å²) in [6.45, 7) is 7.68. The fourth-order valence-corrected chi connectivity index (χ4v) is 1.08. The summed E-state index contributed by atoms with van der Waals surface area (Å²) in [6, 6.07) is -0.0765. The van der Waals surface area contributed by atoms with Gasteiger partial charge < -0.3 is 5.11 Å². The van der Waals surface area contributed by atoms with Gasteiger partial charge in [0.2, 0.25) is 0 Å². The molecule has 2 atom stereocenters. The quantitative estimate of drug-likeness (QED) is 0.752. The van der Waals surface area contributed by atoms with Crippen LogP contribution in [0.1, 0.15) is 45.5 Å². The molecular formula is C8H16N4O. The lowest BCUT2D eigenvalue weighted by Crippen LogP contribution is -2.22. The van der Waals surface area contributed by atoms with E-state index in [-0.39, 0.29) is 12.0 Å². The molecule has 1 aromatic heterocycles. The van der Waals surface area contributed by atoms with Gasteiger partial charge in [0, 0.05) is 5.92 Å². The van der Waals surface area contributed by atoms with Gasteiger partial charge in [-0.25, -0.2) is 4.68 Å². The van der Waals surface area contributed by atoms with Crippen molar-refractivity contribution >= 4 is 0 Å². The summed E-state index contributed by atoms with van der Waals surface area (Å²) in [5.74, 6) is 1.09. The van der Waals surface area contributed by atoms with E-state index in [1.807, 2.05) is 20.8 Å². The molecule has 0 bridgehead atoms. The number of hydrogen-bond acceptors (Lipinski definition) is 4. The third kappa shape index (κ3) is 2.03. The van der Waals surface area contributed by atoms with Gasteiger partial charge in [-0.2, -0.15) is 0 Å². The molecule has 0 aromatic carbocycles. The van der Waals surface area contributed by atoms with E-state index in [1.165, 1.54) is 0 Å². The Kier molecular flexibility index (Phi) is 2.98. The highest BCUT2D eigenvalue weighted by molar-refractivity contribution is 4.91. The first-order valence-electron chi connectivity index (χ1n) is 4.50. The molecule has 0 fully saturated rings. The Hall–Kier alpha value is -0.970. The Balaban J connectivity index is 2.93. The molecule has 0 radical (unpaired) electrons. The molecule has 0 aliphatic carbocycles. The van der Waals surface area contributed by atoms with Crippen molar-refractivity contribution in [3.05, 3.63) is 5.82 Å². The predicted molar refractivity (Wildman–Crippen MR) is 48.3 cm³/mol. The van der Waals surface area contributed by atoms with Crippen LogP contribution >= 0.6 is 0 Å². The average Bonchev–Trinajstić information content (AvgIpc) is 2.50. The Morgan fingerprint density at radius 3 is 2.31 bits per heavy atom. The molecule has 0 aliphatic rings. The fourth-order valence-electron chi connectivity index (χ4n) is 1.08. The number of nitrogens with zero attached hydrogens (tertiary/aromatic N) is 4. The van der Waals surface area contributed by atoms with Gasteiger partial charge in [0.15, 0.2) is 5.82 Å². The molecule has 74 valence electrons. The Morgan fingerprint density at radius 1 is 1.23 bits per heavy atom. The van der Waals surface area contributed by atoms with E-state index in [0.717, 1.165) is 5.82 Å². The van der Waals surface area contributed by atoms with E-state index in [9.17, 15) is 5.11 Å². The van der Waals surface area contributed by atoms with Gasteiger partial charge in [-0.1, -0.05) is 13.8 Å². The van der Waals surface area contributed by atoms with Crippen LogP contribution in [0.3, 0.4) is 0 Å². The van der Waals surface area contributed by atoms with Gasteiger partial charge in [-0.15, -0.1) is 5.10 Å². The van der Waals surface area contributed by atoms with Crippen molar-refractivity contribution in [2.45, 2.75) is 45.8 Å². The molecular weight excluding hydrogens is 168 g/mol. The molecule has 5 nitrogen and oxygen atoms in total. The predicted octanol–water partition coefficient (Wildman–Crippen LogP) is 0.738. The van der Waals surface area contributed by atoms with Crippen LogP contribution in [-0.4, -0.2) is 31.4 Å². The summed E-state index contributed by atoms with van der Waals surface area (Å²) in [6.07, 6.45) is -0.444. The second-order valence-corrected chi connectivity index (χ2v) is 3.62. The van der Waals surface area contributed by atoms with Crippen LogP contribution in [0.4, 0.5) is 0 Å². The van der Waals surface area contributed by atoms with Crippen molar-refractivity contribution in [1.29, 1.82) is 0 Å². The van der Waals surface area contributed by atoms with Crippen molar-refractivity contribution in [1.82, 2.24) is 20.2 Å². The molecule has 0 aliphatic heterocycles. The van der Waals surface area contributed by atoms with Gasteiger partial charge in [0.1, 0.15) is 0 Å². The minimum Gasteiger partial charge on any atom is -0.391 e. The Labute approximate surface area is 77.8 Å². The zero-order valence-corrected chi connectivity index (χ0v) is 8.47. The van der Waals surface area contributed by atoms with Crippen LogP contribution < -0.4 is 0 Å². The standard InChI is InChI=1S/C8H16N4O/c1-5(2)8-9-10-11-12(8)6(3)7(4)13/h5-7,13H,1-4H3. The second-order valence-electron chi connectivity index (χ2n) is 3.62. The topological polar surface area (TPSA) is 63.8 Å². The third-order valence-electron chi connectivity index (χ3n) is 2.12. The summed E-state index contributed by atoms with van der Waals surface area (Å²) >= 11 is 0. The van der Waals surface area contributed by atoms with Gasteiger partial charge in [0.25, 0.3) is 0 Å². The summed E-state index contributed by atoms with van der Waals surface area (Å²) in [4.78, 5) is 0. The van der Waals surface area contributed by atoms with E-state index in [4.69, 9.17) is 0 Å². The lowest BCUT2D eigenvalue weighted by Gasteiger charge is -2.16. The first-order chi connectivity index (χ1) is 6.04. The van der Waals surface area contributed by atoms with Crippen molar-refractivity contribution in [2.75, 3.05) is 0 Å². The number of rotatable bonds is 3. The minimum atomic E-state index is -0.444. The zero-order chi connectivity index (χ0) is 10.0. The van der Waals surface area contributed by atoms with Crippen molar-refractivity contribution < 1.29 is 5.11 Å². The number of aliphatic hydroxyl groups is 1. The maximum Gasteiger partial charge on any atom is 0.154 e. The van der Waals surface area contributed by atoms with Crippen molar-refractivity contribution in [3.8, 4) is 0 Å². The Morgan fingerprint density at radius 2 is 1.85 bits per heavy atom. The van der Waals surface area contributed by atoms with E-state index >= 15 is 0 Å². The Bertz CT molecular complexity index is 269.